The van der Waals surface area contributed by atoms with E-state index >= 15 is 0 Å². The van der Waals surface area contributed by atoms with Crippen molar-refractivity contribution >= 4 is 35.6 Å². The number of carboxylic acid groups (broad SMARTS) is 2. The smallest absolute Gasteiger partial charge is 0.364 e. The zero-order valence-electron chi connectivity index (χ0n) is 79.8. The van der Waals surface area contributed by atoms with E-state index in [9.17, 15) is 187 Å². The summed E-state index contributed by atoms with van der Waals surface area (Å²) < 4.78 is 126. The van der Waals surface area contributed by atoms with Crippen LogP contribution in [0.25, 0.3) is 0 Å². The predicted octanol–water partition coefficient (Wildman–Crippen LogP) is -21.1. The Labute approximate surface area is 829 Å². The van der Waals surface area contributed by atoms with Crippen LogP contribution in [-0.2, 0) is 128 Å². The molecule has 62 heteroatoms. The van der Waals surface area contributed by atoms with Crippen LogP contribution in [0.15, 0.2) is 0 Å². The van der Waals surface area contributed by atoms with Gasteiger partial charge in [-0.05, 0) is 6.92 Å². The third-order valence-electron chi connectivity index (χ3n) is 28.0. The van der Waals surface area contributed by atoms with Crippen molar-refractivity contribution in [3.05, 3.63) is 0 Å². The molecule has 4 amide bonds. The highest BCUT2D eigenvalue weighted by atomic mass is 16.8. The first kappa shape index (κ1) is 121. The number of aliphatic hydroxyl groups excluding tert-OH is 29. The molecule has 11 heterocycles. The quantitative estimate of drug-likeness (QED) is 0.0270. The number of rotatable bonds is 41. The number of hydrogen-bond donors (Lipinski definition) is 35. The molecule has 0 aromatic carbocycles. The van der Waals surface area contributed by atoms with Gasteiger partial charge < -0.3 is 279 Å². The highest BCUT2D eigenvalue weighted by molar-refractivity contribution is 5.77. The lowest BCUT2D eigenvalue weighted by atomic mass is 9.84. The lowest BCUT2D eigenvalue weighted by molar-refractivity contribution is -0.399. The summed E-state index contributed by atoms with van der Waals surface area (Å²) in [7, 11) is 0. The molecule has 146 heavy (non-hydrogen) atoms. The summed E-state index contributed by atoms with van der Waals surface area (Å²) in [5.41, 5.74) is 0. The molecule has 0 spiro atoms. The van der Waals surface area contributed by atoms with E-state index in [1.54, 1.807) is 0 Å². The standard InChI is InChI=1S/C84H140N4O58/c1-22-30(101)9-83(81(122)123,145-64(22)49(107)32(103)11-89)127-20-41-47(105)24(3)48(106)76(136-41)139-67-37(16-94)133-74(45(57(67)115)87-28(7)99)143-71-60(118)51(109)34(13-91)130-79(71)126-19-40-54(112)70(63(121)78(135-40)141-69-39(18-96)132-73(44(56(69)114)86-27(6)98)138-66-36(15-93)129-25(4)43(55(66)113)85-26(5)97)142-80-72(61(119)52(110)35(14-92)131-80)144-75-46(88-29(8)100)58(116)68(38(17-95)134-75)140-77-62(120)59(117)53(111)42(137-77)21-128-84(82(124)125)10-31(102)23(2)65(146-84)50(108)33(104)12-90/h22-25,30-80,89-96,101-121H,9-21H2,1-8H3,(H,85,97)(H,86,98)(H,87,99)(H,88,100)(H,122,123)(H,124,125)/t22-,23-,24+,25+,30-,31-,32-,33-,34?,35?,36?,37?,38?,39?,40?,41?,42?,43?,44?,45?,46?,47-,48?,49-,50-,51-,52-,53+,54-,55-,56-,57-,58-,59+,60+,61?,62?,63?,64?,65?,66-,67-,68-,69-,70+,71?,72?,73+,74+,75+,76+,77+,78+,79+,80-,83-,84-/m1/s1. The lowest BCUT2D eigenvalue weighted by Gasteiger charge is -2.51. The van der Waals surface area contributed by atoms with Crippen molar-refractivity contribution in [2.45, 2.75) is 398 Å². The fraction of sp³-hybridized carbons (Fsp3) is 0.929. The van der Waals surface area contributed by atoms with Gasteiger partial charge in [0.05, 0.1) is 115 Å². The predicted molar refractivity (Wildman–Crippen MR) is 456 cm³/mol. The van der Waals surface area contributed by atoms with Crippen LogP contribution in [-0.4, -0.2) is 597 Å². The van der Waals surface area contributed by atoms with Crippen molar-refractivity contribution in [1.82, 2.24) is 21.3 Å². The monoisotopic (exact) mass is 2130 g/mol. The maximum absolute atomic E-state index is 13.3. The lowest BCUT2D eigenvalue weighted by Crippen LogP contribution is -2.71. The zero-order valence-corrected chi connectivity index (χ0v) is 79.8. The van der Waals surface area contributed by atoms with E-state index in [4.69, 9.17) is 99.5 Å². The van der Waals surface area contributed by atoms with Crippen LogP contribution in [0, 0.1) is 17.8 Å². The Balaban J connectivity index is 0.888. The molecule has 11 fully saturated rings. The molecule has 21 unspecified atom stereocenters. The molecule has 0 aromatic rings. The zero-order chi connectivity index (χ0) is 108. The maximum Gasteiger partial charge on any atom is 0.364 e. The minimum Gasteiger partial charge on any atom is -0.477 e. The van der Waals surface area contributed by atoms with E-state index in [-0.39, 0.29) is 0 Å². The summed E-state index contributed by atoms with van der Waals surface area (Å²) in [5.74, 6) is -16.9. The van der Waals surface area contributed by atoms with Gasteiger partial charge in [-0.1, -0.05) is 20.8 Å². The molecule has 0 bridgehead atoms. The van der Waals surface area contributed by atoms with Crippen LogP contribution >= 0.6 is 0 Å². The van der Waals surface area contributed by atoms with Gasteiger partial charge in [0.2, 0.25) is 23.6 Å². The Morgan fingerprint density at radius 3 is 0.959 bits per heavy atom. The molecule has 11 saturated heterocycles. The van der Waals surface area contributed by atoms with Crippen molar-refractivity contribution in [1.29, 1.82) is 0 Å². The second-order valence-corrected chi connectivity index (χ2v) is 38.1. The van der Waals surface area contributed by atoms with E-state index in [0.717, 1.165) is 27.7 Å². The number of carbonyl (C=O) groups excluding carboxylic acids is 4. The number of amides is 4. The molecule has 11 rings (SSSR count). The Bertz CT molecular complexity index is 4140. The molecule has 0 radical (unpaired) electrons. The minimum atomic E-state index is -2.96. The second-order valence-electron chi connectivity index (χ2n) is 38.1. The Hall–Kier alpha value is -5.18. The molecule has 0 aromatic heterocycles. The van der Waals surface area contributed by atoms with Gasteiger partial charge in [-0.25, -0.2) is 9.59 Å². The molecule has 57 atom stereocenters. The SMILES string of the molecule is CC(=O)NC1[C@H](OC2[C@@H](OCC3O[C@@H](O[C@@H]4C(CO)O[C@@H](O[C@@H]5C(CO)O[C@@H](C)C(NC(C)=O)[C@H]5O)C(NC(C)=O)[C@H]4O)C(O)[C@@H](O[C@H]4OC(CO)[C@@H](O)C(O)C4O[C@@H]4OC(CO)[C@@H](O[C@@H]5OC(CO[C@]6(C(=O)O)C[C@@H](O)[C@@H](C)C([C@H](O)[C@H](O)CO)O6)[C@H](O)[C@H](O)C5O)[C@H](O)C4NC(C)=O)[C@@H]3O)OC(CO)[C@@H](O)[C@@H]2O)OC(CO)[C@@H](O[C@@H]2OC(CO[C@]3(C(=O)O)C[C@@H](O)[C@@H](C)C([C@H](O)[C@H](O)CO)O3)[C@H](O)[C@H](C)C2O)[C@@H]1O. The first-order valence-electron chi connectivity index (χ1n) is 47.2. The van der Waals surface area contributed by atoms with E-state index in [1.165, 1.54) is 27.7 Å². The van der Waals surface area contributed by atoms with Crippen LogP contribution in [0.4, 0.5) is 0 Å². The average Bonchev–Trinajstić information content (AvgIpc) is 0.767. The number of ether oxygens (including phenoxy) is 21. The Kier molecular flexibility index (Phi) is 43.0. The average molecular weight is 2130 g/mol. The van der Waals surface area contributed by atoms with Gasteiger partial charge in [0.25, 0.3) is 11.6 Å². The van der Waals surface area contributed by atoms with E-state index in [1.807, 2.05) is 0 Å². The fourth-order valence-electron chi connectivity index (χ4n) is 19.4. The number of aliphatic hydroxyl groups is 29. The van der Waals surface area contributed by atoms with Crippen molar-refractivity contribution < 1.29 is 287 Å². The number of aliphatic carboxylic acids is 2. The maximum atomic E-state index is 13.3. The van der Waals surface area contributed by atoms with E-state index in [0.29, 0.717) is 0 Å². The summed E-state index contributed by atoms with van der Waals surface area (Å²) in [6.45, 7) is -3.47. The molecule has 11 aliphatic rings. The van der Waals surface area contributed by atoms with Crippen molar-refractivity contribution in [2.75, 3.05) is 72.7 Å². The number of carboxylic acids is 2. The summed E-state index contributed by atoms with van der Waals surface area (Å²) in [6, 6.07) is -7.35. The summed E-state index contributed by atoms with van der Waals surface area (Å²) in [4.78, 5) is 78.1. The Morgan fingerprint density at radius 1 is 0.295 bits per heavy atom. The Morgan fingerprint density at radius 2 is 0.589 bits per heavy atom. The molecule has 844 valence electrons. The van der Waals surface area contributed by atoms with Crippen molar-refractivity contribution in [2.24, 2.45) is 17.8 Å². The van der Waals surface area contributed by atoms with Gasteiger partial charge in [-0.2, -0.15) is 0 Å². The second kappa shape index (κ2) is 51.9. The number of carbonyl (C=O) groups is 6. The van der Waals surface area contributed by atoms with Crippen molar-refractivity contribution in [3.8, 4) is 0 Å². The highest BCUT2D eigenvalue weighted by Crippen LogP contribution is 2.45. The molecule has 62 nitrogen and oxygen atoms in total. The third-order valence-corrected chi connectivity index (χ3v) is 28.0. The number of hydrogen-bond acceptors (Lipinski definition) is 56. The molecule has 35 N–H and O–H groups in total. The minimum absolute atomic E-state index is 0.666. The summed E-state index contributed by atoms with van der Waals surface area (Å²) >= 11 is 0. The third kappa shape index (κ3) is 26.4. The summed E-state index contributed by atoms with van der Waals surface area (Å²) in [5, 5.41) is 359. The molecular weight excluding hydrogens is 1990 g/mol. The first-order chi connectivity index (χ1) is 68.7. The van der Waals surface area contributed by atoms with Gasteiger partial charge >= 0.3 is 11.9 Å². The van der Waals surface area contributed by atoms with E-state index < -0.39 is 469 Å². The topological polar surface area (TPSA) is 972 Å². The van der Waals surface area contributed by atoms with Crippen LogP contribution in [0.1, 0.15) is 68.2 Å². The van der Waals surface area contributed by atoms with Crippen LogP contribution in [0.5, 0.6) is 0 Å². The van der Waals surface area contributed by atoms with Crippen molar-refractivity contribution in [3.63, 3.8) is 0 Å². The normalized spacial score (nSPS) is 47.5. The van der Waals surface area contributed by atoms with Gasteiger partial charge in [0, 0.05) is 58.3 Å². The van der Waals surface area contributed by atoms with Gasteiger partial charge in [-0.3, -0.25) is 19.2 Å². The van der Waals surface area contributed by atoms with Gasteiger partial charge in [-0.15, -0.1) is 0 Å². The molecular formula is C84H140N4O58. The van der Waals surface area contributed by atoms with Crippen LogP contribution < -0.4 is 21.3 Å². The van der Waals surface area contributed by atoms with Gasteiger partial charge in [0.1, 0.15) is 226 Å². The molecule has 11 aliphatic heterocycles. The molecule has 0 aliphatic carbocycles. The first-order valence-corrected chi connectivity index (χ1v) is 47.2. The highest BCUT2D eigenvalue weighted by Gasteiger charge is 2.64. The van der Waals surface area contributed by atoms with Crippen LogP contribution in [0.3, 0.4) is 0 Å². The largest absolute Gasteiger partial charge is 0.477 e. The van der Waals surface area contributed by atoms with E-state index in [2.05, 4.69) is 21.3 Å². The summed E-state index contributed by atoms with van der Waals surface area (Å²) in [6.07, 6.45) is -103. The molecule has 0 saturated carbocycles. The van der Waals surface area contributed by atoms with Crippen LogP contribution in [0.2, 0.25) is 0 Å². The van der Waals surface area contributed by atoms with Gasteiger partial charge in [0.15, 0.2) is 50.3 Å². The fourth-order valence-corrected chi connectivity index (χ4v) is 19.4. The number of nitrogens with one attached hydrogen (secondary N) is 4.